The molecule has 1 unspecified atom stereocenters. The summed E-state index contributed by atoms with van der Waals surface area (Å²) >= 11 is 0. The highest BCUT2D eigenvalue weighted by Gasteiger charge is 2.42. The van der Waals surface area contributed by atoms with Gasteiger partial charge in [0.1, 0.15) is 0 Å². The van der Waals surface area contributed by atoms with Gasteiger partial charge in [-0.3, -0.25) is 4.79 Å². The first kappa shape index (κ1) is 10.8. The first-order valence-electron chi connectivity index (χ1n) is 5.35. The molecule has 1 N–H and O–H groups in total. The van der Waals surface area contributed by atoms with E-state index in [0.717, 1.165) is 0 Å². The number of nitrogens with zero attached hydrogens (tertiary/aromatic N) is 2. The highest BCUT2D eigenvalue weighted by molar-refractivity contribution is 5.82. The highest BCUT2D eigenvalue weighted by Crippen LogP contribution is 2.29. The van der Waals surface area contributed by atoms with Crippen LogP contribution in [-0.4, -0.2) is 52.6 Å². The third-order valence-electron chi connectivity index (χ3n) is 3.31. The van der Waals surface area contributed by atoms with Crippen molar-refractivity contribution in [3.63, 3.8) is 0 Å². The van der Waals surface area contributed by atoms with E-state index in [1.54, 1.807) is 4.90 Å². The summed E-state index contributed by atoms with van der Waals surface area (Å²) in [4.78, 5) is 25.8. The molecule has 0 radical (unpaired) electrons. The molecule has 2 aliphatic rings. The van der Waals surface area contributed by atoms with Crippen LogP contribution in [0.1, 0.15) is 12.8 Å². The Balaban J connectivity index is 2.04. The Kier molecular flexibility index (Phi) is 2.73. The van der Waals surface area contributed by atoms with E-state index in [9.17, 15) is 9.59 Å². The smallest absolute Gasteiger partial charge is 0.407 e. The first-order chi connectivity index (χ1) is 7.63. The summed E-state index contributed by atoms with van der Waals surface area (Å²) in [5.74, 6) is 2.49. The molecule has 5 heteroatoms. The number of terminal acetylenes is 1. The number of carbonyl (C=O) groups is 2. The van der Waals surface area contributed by atoms with E-state index in [2.05, 4.69) is 5.92 Å². The Hall–Kier alpha value is -1.70. The molecule has 2 fully saturated rings. The normalized spacial score (nSPS) is 28.8. The topological polar surface area (TPSA) is 60.9 Å². The van der Waals surface area contributed by atoms with E-state index in [1.165, 1.54) is 4.90 Å². The van der Waals surface area contributed by atoms with E-state index in [-0.39, 0.29) is 17.9 Å². The van der Waals surface area contributed by atoms with Crippen LogP contribution in [0, 0.1) is 18.3 Å². The van der Waals surface area contributed by atoms with Gasteiger partial charge in [-0.15, -0.1) is 12.3 Å². The van der Waals surface area contributed by atoms with E-state index in [4.69, 9.17) is 11.5 Å². The lowest BCUT2D eigenvalue weighted by atomic mass is 10.0. The molecule has 0 aromatic heterocycles. The number of carboxylic acid groups (broad SMARTS) is 1. The van der Waals surface area contributed by atoms with Crippen molar-refractivity contribution in [1.82, 2.24) is 9.80 Å². The van der Waals surface area contributed by atoms with Crippen molar-refractivity contribution < 1.29 is 14.7 Å². The Morgan fingerprint density at radius 1 is 1.56 bits per heavy atom. The Bertz CT molecular complexity index is 361. The zero-order valence-corrected chi connectivity index (χ0v) is 8.93. The van der Waals surface area contributed by atoms with Gasteiger partial charge in [0, 0.05) is 26.1 Å². The fourth-order valence-corrected chi connectivity index (χ4v) is 2.50. The Labute approximate surface area is 94.0 Å². The van der Waals surface area contributed by atoms with Crippen molar-refractivity contribution in [2.24, 2.45) is 5.92 Å². The molecule has 2 atom stereocenters. The van der Waals surface area contributed by atoms with Crippen LogP contribution in [-0.2, 0) is 4.79 Å². The summed E-state index contributed by atoms with van der Waals surface area (Å²) in [6, 6.07) is 0.0238. The summed E-state index contributed by atoms with van der Waals surface area (Å²) < 4.78 is 0. The maximum atomic E-state index is 11.9. The SMILES string of the molecule is C#CCC1C[C@H]2CN(C(=O)O)CCN2C1=O. The molecule has 0 aromatic carbocycles. The van der Waals surface area contributed by atoms with Crippen LogP contribution in [0.25, 0.3) is 0 Å². The zero-order valence-electron chi connectivity index (χ0n) is 8.93. The fraction of sp³-hybridized carbons (Fsp3) is 0.636. The molecule has 0 aromatic rings. The van der Waals surface area contributed by atoms with Crippen molar-refractivity contribution in [3.8, 4) is 12.3 Å². The molecule has 86 valence electrons. The lowest BCUT2D eigenvalue weighted by Crippen LogP contribution is -2.52. The second kappa shape index (κ2) is 4.05. The Morgan fingerprint density at radius 2 is 2.31 bits per heavy atom. The van der Waals surface area contributed by atoms with Gasteiger partial charge in [0.05, 0.1) is 12.0 Å². The summed E-state index contributed by atoms with van der Waals surface area (Å²) in [7, 11) is 0. The van der Waals surface area contributed by atoms with Crippen molar-refractivity contribution in [2.45, 2.75) is 18.9 Å². The molecule has 5 nitrogen and oxygen atoms in total. The predicted molar refractivity (Wildman–Crippen MR) is 56.7 cm³/mol. The molecule has 0 aliphatic carbocycles. The van der Waals surface area contributed by atoms with Gasteiger partial charge < -0.3 is 14.9 Å². The van der Waals surface area contributed by atoms with Crippen molar-refractivity contribution in [3.05, 3.63) is 0 Å². The van der Waals surface area contributed by atoms with Gasteiger partial charge in [0.15, 0.2) is 0 Å². The van der Waals surface area contributed by atoms with Crippen molar-refractivity contribution >= 4 is 12.0 Å². The van der Waals surface area contributed by atoms with Crippen molar-refractivity contribution in [1.29, 1.82) is 0 Å². The molecule has 2 saturated heterocycles. The number of carbonyl (C=O) groups excluding carboxylic acids is 1. The average Bonchev–Trinajstić information content (AvgIpc) is 2.56. The molecule has 2 rings (SSSR count). The summed E-state index contributed by atoms with van der Waals surface area (Å²) in [5.41, 5.74) is 0. The first-order valence-corrected chi connectivity index (χ1v) is 5.35. The minimum atomic E-state index is -0.910. The van der Waals surface area contributed by atoms with Gasteiger partial charge >= 0.3 is 6.09 Å². The second-order valence-electron chi connectivity index (χ2n) is 4.25. The Morgan fingerprint density at radius 3 is 2.94 bits per heavy atom. The molecule has 16 heavy (non-hydrogen) atoms. The number of amides is 2. The third kappa shape index (κ3) is 1.71. The number of hydrogen-bond acceptors (Lipinski definition) is 2. The van der Waals surface area contributed by atoms with Crippen LogP contribution in [0.5, 0.6) is 0 Å². The van der Waals surface area contributed by atoms with Gasteiger partial charge in [0.2, 0.25) is 5.91 Å². The van der Waals surface area contributed by atoms with Gasteiger partial charge in [-0.05, 0) is 6.42 Å². The number of fused-ring (bicyclic) bond motifs is 1. The van der Waals surface area contributed by atoms with Crippen LogP contribution in [0.3, 0.4) is 0 Å². The summed E-state index contributed by atoms with van der Waals surface area (Å²) in [5, 5.41) is 8.88. The van der Waals surface area contributed by atoms with Crippen LogP contribution in [0.4, 0.5) is 4.79 Å². The molecular weight excluding hydrogens is 208 g/mol. The van der Waals surface area contributed by atoms with Gasteiger partial charge in [-0.1, -0.05) is 0 Å². The monoisotopic (exact) mass is 222 g/mol. The summed E-state index contributed by atoms with van der Waals surface area (Å²) in [6.07, 6.45) is 5.45. The van der Waals surface area contributed by atoms with Crippen LogP contribution >= 0.6 is 0 Å². The minimum absolute atomic E-state index is 0.0238. The molecular formula is C11H14N2O3. The van der Waals surface area contributed by atoms with Gasteiger partial charge in [0.25, 0.3) is 0 Å². The zero-order chi connectivity index (χ0) is 11.7. The lowest BCUT2D eigenvalue weighted by molar-refractivity contribution is -0.133. The van der Waals surface area contributed by atoms with E-state index in [0.29, 0.717) is 32.5 Å². The second-order valence-corrected chi connectivity index (χ2v) is 4.25. The third-order valence-corrected chi connectivity index (χ3v) is 3.31. The molecule has 2 aliphatic heterocycles. The number of hydrogen-bond donors (Lipinski definition) is 1. The maximum absolute atomic E-state index is 11.9. The largest absolute Gasteiger partial charge is 0.465 e. The van der Waals surface area contributed by atoms with E-state index < -0.39 is 6.09 Å². The van der Waals surface area contributed by atoms with Gasteiger partial charge in [-0.2, -0.15) is 0 Å². The van der Waals surface area contributed by atoms with Crippen LogP contribution in [0.15, 0.2) is 0 Å². The minimum Gasteiger partial charge on any atom is -0.465 e. The molecule has 2 heterocycles. The molecule has 0 bridgehead atoms. The van der Waals surface area contributed by atoms with E-state index in [1.807, 2.05) is 0 Å². The predicted octanol–water partition coefficient (Wildman–Crippen LogP) is 0.220. The van der Waals surface area contributed by atoms with Crippen molar-refractivity contribution in [2.75, 3.05) is 19.6 Å². The maximum Gasteiger partial charge on any atom is 0.407 e. The summed E-state index contributed by atoms with van der Waals surface area (Å²) in [6.45, 7) is 1.32. The molecule has 2 amide bonds. The number of rotatable bonds is 1. The highest BCUT2D eigenvalue weighted by atomic mass is 16.4. The van der Waals surface area contributed by atoms with Gasteiger partial charge in [-0.25, -0.2) is 4.79 Å². The lowest BCUT2D eigenvalue weighted by Gasteiger charge is -2.35. The quantitative estimate of drug-likeness (QED) is 0.646. The van der Waals surface area contributed by atoms with E-state index >= 15 is 0 Å². The molecule has 0 spiro atoms. The standard InChI is InChI=1S/C11H14N2O3/c1-2-3-8-6-9-7-12(11(15)16)4-5-13(9)10(8)14/h1,8-9H,3-7H2,(H,15,16)/t8?,9-/m0/s1. The molecule has 0 saturated carbocycles. The van der Waals surface area contributed by atoms with Crippen LogP contribution in [0.2, 0.25) is 0 Å². The average molecular weight is 222 g/mol. The number of piperazine rings is 1. The van der Waals surface area contributed by atoms with Crippen LogP contribution < -0.4 is 0 Å². The fourth-order valence-electron chi connectivity index (χ4n) is 2.50.